The molecule has 11 heavy (non-hydrogen) atoms. The predicted molar refractivity (Wildman–Crippen MR) is 43.3 cm³/mol. The maximum absolute atomic E-state index is 8.47. The molecule has 0 bridgehead atoms. The highest BCUT2D eigenvalue weighted by Crippen LogP contribution is 2.08. The molecule has 0 aliphatic rings. The highest BCUT2D eigenvalue weighted by Gasteiger charge is 2.00. The number of aliphatic hydroxyl groups is 1. The van der Waals surface area contributed by atoms with Gasteiger partial charge in [0.2, 0.25) is 5.95 Å². The molecule has 5 N–H and O–H groups in total. The van der Waals surface area contributed by atoms with E-state index in [4.69, 9.17) is 10.8 Å². The zero-order valence-electron chi connectivity index (χ0n) is 6.39. The van der Waals surface area contributed by atoms with Crippen molar-refractivity contribution in [2.24, 2.45) is 0 Å². The summed E-state index contributed by atoms with van der Waals surface area (Å²) < 4.78 is 0. The van der Waals surface area contributed by atoms with Crippen molar-refractivity contribution < 1.29 is 5.11 Å². The number of aromatic nitrogens is 2. The number of nitrogen functional groups attached to an aromatic ring is 1. The number of nitrogens with zero attached hydrogens (tertiary/aromatic N) is 1. The normalized spacial score (nSPS) is 10.0. The van der Waals surface area contributed by atoms with Gasteiger partial charge in [-0.05, 0) is 6.92 Å². The first-order valence-electron chi connectivity index (χ1n) is 3.41. The van der Waals surface area contributed by atoms with E-state index in [1.807, 2.05) is 6.92 Å². The molecule has 0 amide bonds. The Labute approximate surface area is 64.6 Å². The molecule has 1 rings (SSSR count). The van der Waals surface area contributed by atoms with Gasteiger partial charge in [-0.1, -0.05) is 0 Å². The summed E-state index contributed by atoms with van der Waals surface area (Å²) in [5.41, 5.74) is 6.26. The molecule has 0 aliphatic heterocycles. The first-order valence-corrected chi connectivity index (χ1v) is 3.41. The second kappa shape index (κ2) is 3.25. The molecule has 0 saturated heterocycles. The Hall–Kier alpha value is -1.23. The predicted octanol–water partition coefficient (Wildman–Crippen LogP) is -0.295. The van der Waals surface area contributed by atoms with Gasteiger partial charge < -0.3 is 21.1 Å². The van der Waals surface area contributed by atoms with Crippen LogP contribution in [0.3, 0.4) is 0 Å². The molecule has 0 radical (unpaired) electrons. The third-order valence-corrected chi connectivity index (χ3v) is 1.33. The van der Waals surface area contributed by atoms with E-state index in [1.165, 1.54) is 0 Å². The van der Waals surface area contributed by atoms with Gasteiger partial charge in [-0.2, -0.15) is 0 Å². The summed E-state index contributed by atoms with van der Waals surface area (Å²) in [7, 11) is 0. The van der Waals surface area contributed by atoms with Gasteiger partial charge in [-0.3, -0.25) is 0 Å². The van der Waals surface area contributed by atoms with Crippen LogP contribution < -0.4 is 11.1 Å². The zero-order chi connectivity index (χ0) is 8.27. The van der Waals surface area contributed by atoms with E-state index in [9.17, 15) is 0 Å². The van der Waals surface area contributed by atoms with Gasteiger partial charge in [-0.25, -0.2) is 4.98 Å². The SMILES string of the molecule is Cc1nc(NCCO)[nH]c1N. The number of anilines is 2. The van der Waals surface area contributed by atoms with Crippen molar-refractivity contribution in [3.63, 3.8) is 0 Å². The van der Waals surface area contributed by atoms with Gasteiger partial charge in [0, 0.05) is 6.54 Å². The van der Waals surface area contributed by atoms with Crippen LogP contribution in [0, 0.1) is 6.92 Å². The number of nitrogens with two attached hydrogens (primary N) is 1. The Kier molecular flexibility index (Phi) is 2.32. The molecular formula is C6H12N4O. The number of H-pyrrole nitrogens is 1. The van der Waals surface area contributed by atoms with E-state index in [0.29, 0.717) is 18.3 Å². The van der Waals surface area contributed by atoms with Crippen molar-refractivity contribution in [3.05, 3.63) is 5.69 Å². The standard InChI is InChI=1S/C6H12N4O/c1-4-5(7)10-6(9-4)8-2-3-11/h11H,2-3,7H2,1H3,(H2,8,9,10). The van der Waals surface area contributed by atoms with Gasteiger partial charge in [0.05, 0.1) is 12.3 Å². The quantitative estimate of drug-likeness (QED) is 0.484. The molecule has 1 aromatic heterocycles. The van der Waals surface area contributed by atoms with Gasteiger partial charge >= 0.3 is 0 Å². The lowest BCUT2D eigenvalue weighted by Crippen LogP contribution is -2.06. The summed E-state index contributed by atoms with van der Waals surface area (Å²) >= 11 is 0. The molecule has 0 fully saturated rings. The largest absolute Gasteiger partial charge is 0.395 e. The van der Waals surface area contributed by atoms with Crippen LogP contribution in [0.15, 0.2) is 0 Å². The number of imidazole rings is 1. The van der Waals surface area contributed by atoms with Gasteiger partial charge in [-0.15, -0.1) is 0 Å². The average Bonchev–Trinajstić information content (AvgIpc) is 2.28. The molecular weight excluding hydrogens is 144 g/mol. The van der Waals surface area contributed by atoms with E-state index in [2.05, 4.69) is 15.3 Å². The van der Waals surface area contributed by atoms with Crippen molar-refractivity contribution in [1.29, 1.82) is 0 Å². The van der Waals surface area contributed by atoms with Crippen LogP contribution in [0.2, 0.25) is 0 Å². The third kappa shape index (κ3) is 1.84. The smallest absolute Gasteiger partial charge is 0.202 e. The maximum Gasteiger partial charge on any atom is 0.202 e. The van der Waals surface area contributed by atoms with Crippen LogP contribution in [0.25, 0.3) is 0 Å². The summed E-state index contributed by atoms with van der Waals surface area (Å²) in [6.45, 7) is 2.38. The van der Waals surface area contributed by atoms with E-state index in [-0.39, 0.29) is 6.61 Å². The molecule has 5 nitrogen and oxygen atoms in total. The summed E-state index contributed by atoms with van der Waals surface area (Å²) in [5, 5.41) is 11.3. The number of rotatable bonds is 3. The molecule has 0 aromatic carbocycles. The molecule has 0 saturated carbocycles. The van der Waals surface area contributed by atoms with Crippen molar-refractivity contribution in [1.82, 2.24) is 9.97 Å². The number of hydrogen-bond acceptors (Lipinski definition) is 4. The summed E-state index contributed by atoms with van der Waals surface area (Å²) in [4.78, 5) is 6.87. The lowest BCUT2D eigenvalue weighted by Gasteiger charge is -1.96. The van der Waals surface area contributed by atoms with Crippen LogP contribution in [0.5, 0.6) is 0 Å². The van der Waals surface area contributed by atoms with E-state index < -0.39 is 0 Å². The Morgan fingerprint density at radius 3 is 2.91 bits per heavy atom. The summed E-state index contributed by atoms with van der Waals surface area (Å²) in [6.07, 6.45) is 0. The van der Waals surface area contributed by atoms with Crippen molar-refractivity contribution in [3.8, 4) is 0 Å². The second-order valence-electron chi connectivity index (χ2n) is 2.23. The van der Waals surface area contributed by atoms with Crippen LogP contribution in [0.1, 0.15) is 5.69 Å². The van der Waals surface area contributed by atoms with E-state index >= 15 is 0 Å². The molecule has 1 heterocycles. The number of aromatic amines is 1. The van der Waals surface area contributed by atoms with Crippen LogP contribution in [-0.4, -0.2) is 28.2 Å². The third-order valence-electron chi connectivity index (χ3n) is 1.33. The van der Waals surface area contributed by atoms with E-state index in [1.54, 1.807) is 0 Å². The first kappa shape index (κ1) is 7.87. The Morgan fingerprint density at radius 1 is 1.73 bits per heavy atom. The number of aryl methyl sites for hydroxylation is 1. The Balaban J connectivity index is 2.58. The lowest BCUT2D eigenvalue weighted by molar-refractivity contribution is 0.311. The number of hydrogen-bond donors (Lipinski definition) is 4. The van der Waals surface area contributed by atoms with E-state index in [0.717, 1.165) is 5.69 Å². The molecule has 0 spiro atoms. The monoisotopic (exact) mass is 156 g/mol. The zero-order valence-corrected chi connectivity index (χ0v) is 6.39. The molecule has 5 heteroatoms. The second-order valence-corrected chi connectivity index (χ2v) is 2.23. The molecule has 0 unspecified atom stereocenters. The topological polar surface area (TPSA) is 87.0 Å². The fraction of sp³-hybridized carbons (Fsp3) is 0.500. The van der Waals surface area contributed by atoms with Crippen LogP contribution >= 0.6 is 0 Å². The fourth-order valence-corrected chi connectivity index (χ4v) is 0.732. The number of aliphatic hydroxyl groups excluding tert-OH is 1. The van der Waals surface area contributed by atoms with Crippen molar-refractivity contribution in [2.45, 2.75) is 6.92 Å². The molecule has 1 aromatic rings. The van der Waals surface area contributed by atoms with Crippen LogP contribution in [0.4, 0.5) is 11.8 Å². The average molecular weight is 156 g/mol. The summed E-state index contributed by atoms with van der Waals surface area (Å²) in [6, 6.07) is 0. The molecule has 0 atom stereocenters. The minimum absolute atomic E-state index is 0.0830. The highest BCUT2D eigenvalue weighted by atomic mass is 16.3. The van der Waals surface area contributed by atoms with Crippen molar-refractivity contribution >= 4 is 11.8 Å². The minimum atomic E-state index is 0.0830. The first-order chi connectivity index (χ1) is 5.24. The number of nitrogens with one attached hydrogen (secondary N) is 2. The van der Waals surface area contributed by atoms with Gasteiger partial charge in [0.15, 0.2) is 0 Å². The van der Waals surface area contributed by atoms with Gasteiger partial charge in [0.1, 0.15) is 5.82 Å². The van der Waals surface area contributed by atoms with Crippen LogP contribution in [-0.2, 0) is 0 Å². The Bertz CT molecular complexity index is 213. The molecule has 0 aliphatic carbocycles. The maximum atomic E-state index is 8.47. The fourth-order valence-electron chi connectivity index (χ4n) is 0.732. The minimum Gasteiger partial charge on any atom is -0.395 e. The Morgan fingerprint density at radius 2 is 2.45 bits per heavy atom. The summed E-state index contributed by atoms with van der Waals surface area (Å²) in [5.74, 6) is 1.17. The highest BCUT2D eigenvalue weighted by molar-refractivity contribution is 5.42. The van der Waals surface area contributed by atoms with Crippen molar-refractivity contribution in [2.75, 3.05) is 24.2 Å². The molecule has 62 valence electrons. The lowest BCUT2D eigenvalue weighted by atomic mass is 10.5. The van der Waals surface area contributed by atoms with Gasteiger partial charge in [0.25, 0.3) is 0 Å².